The summed E-state index contributed by atoms with van der Waals surface area (Å²) in [5.74, 6) is -2.68. The van der Waals surface area contributed by atoms with Gasteiger partial charge in [0.1, 0.15) is 17.4 Å². The Balaban J connectivity index is 1.64. The smallest absolute Gasteiger partial charge is 0.433 e. The van der Waals surface area contributed by atoms with Gasteiger partial charge in [-0.2, -0.15) is 13.2 Å². The number of pyridine rings is 1. The van der Waals surface area contributed by atoms with Crippen LogP contribution in [0.15, 0.2) is 63.6 Å². The van der Waals surface area contributed by atoms with E-state index in [2.05, 4.69) is 15.3 Å². The number of rotatable bonds is 3. The van der Waals surface area contributed by atoms with Gasteiger partial charge in [0.25, 0.3) is 5.91 Å². The third kappa shape index (κ3) is 3.70. The van der Waals surface area contributed by atoms with Crippen LogP contribution in [0.5, 0.6) is 5.75 Å². The number of aliphatic imine (C=N–C) groups is 1. The number of nitrogens with zero attached hydrogens (tertiary/aromatic N) is 2. The molecular weight excluding hydrogens is 419 g/mol. The lowest BCUT2D eigenvalue weighted by molar-refractivity contribution is -0.132. The quantitative estimate of drug-likeness (QED) is 0.750. The van der Waals surface area contributed by atoms with Gasteiger partial charge >= 0.3 is 6.18 Å². The number of halogens is 3. The van der Waals surface area contributed by atoms with Crippen LogP contribution >= 0.6 is 11.8 Å². The molecule has 154 valence electrons. The van der Waals surface area contributed by atoms with Crippen molar-refractivity contribution in [2.24, 2.45) is 10.9 Å². The van der Waals surface area contributed by atoms with Gasteiger partial charge in [-0.05, 0) is 35.4 Å². The highest BCUT2D eigenvalue weighted by atomic mass is 32.2. The van der Waals surface area contributed by atoms with Crippen molar-refractivity contribution in [1.29, 1.82) is 0 Å². The number of carbonyl (C=O) groups is 2. The minimum atomic E-state index is -4.75. The van der Waals surface area contributed by atoms with E-state index < -0.39 is 35.7 Å². The molecular formula is C20H14F3N3O3S. The Morgan fingerprint density at radius 1 is 1.20 bits per heavy atom. The molecule has 0 spiro atoms. The van der Waals surface area contributed by atoms with Gasteiger partial charge in [-0.25, -0.2) is 4.99 Å². The van der Waals surface area contributed by atoms with E-state index >= 15 is 0 Å². The van der Waals surface area contributed by atoms with Crippen LogP contribution in [-0.2, 0) is 9.59 Å². The topological polar surface area (TPSA) is 80.7 Å². The molecule has 1 N–H and O–H groups in total. The molecule has 2 aliphatic rings. The Bertz CT molecular complexity index is 1100. The number of benzene rings is 1. The zero-order chi connectivity index (χ0) is 21.5. The van der Waals surface area contributed by atoms with Crippen LogP contribution < -0.4 is 10.1 Å². The number of carbonyl (C=O) groups excluding carboxylic acids is 2. The summed E-state index contributed by atoms with van der Waals surface area (Å²) in [5.41, 5.74) is 0.229. The number of allylic oxidation sites excluding steroid dienone is 1. The number of nitrogens with one attached hydrogen (secondary N) is 1. The molecule has 2 aliphatic heterocycles. The van der Waals surface area contributed by atoms with E-state index in [4.69, 9.17) is 4.74 Å². The van der Waals surface area contributed by atoms with Gasteiger partial charge in [-0.15, -0.1) is 0 Å². The summed E-state index contributed by atoms with van der Waals surface area (Å²) in [5, 5.41) is 2.78. The lowest BCUT2D eigenvalue weighted by atomic mass is 9.96. The predicted molar refractivity (Wildman–Crippen MR) is 102 cm³/mol. The first-order valence-electron chi connectivity index (χ1n) is 8.76. The van der Waals surface area contributed by atoms with Crippen LogP contribution in [0, 0.1) is 5.92 Å². The van der Waals surface area contributed by atoms with Crippen LogP contribution in [-0.4, -0.2) is 35.8 Å². The minimum Gasteiger partial charge on any atom is -0.497 e. The molecule has 4 rings (SSSR count). The highest BCUT2D eigenvalue weighted by Gasteiger charge is 2.39. The van der Waals surface area contributed by atoms with Crippen molar-refractivity contribution >= 4 is 29.3 Å². The molecule has 0 aliphatic carbocycles. The second-order valence-electron chi connectivity index (χ2n) is 6.53. The van der Waals surface area contributed by atoms with E-state index in [1.165, 1.54) is 11.8 Å². The lowest BCUT2D eigenvalue weighted by Gasteiger charge is -2.29. The van der Waals surface area contributed by atoms with E-state index in [1.807, 2.05) is 6.07 Å². The van der Waals surface area contributed by atoms with Crippen molar-refractivity contribution < 1.29 is 27.5 Å². The van der Waals surface area contributed by atoms with Crippen LogP contribution in [0.1, 0.15) is 17.2 Å². The van der Waals surface area contributed by atoms with E-state index in [9.17, 15) is 22.8 Å². The van der Waals surface area contributed by atoms with E-state index in [0.29, 0.717) is 11.8 Å². The lowest BCUT2D eigenvalue weighted by Crippen LogP contribution is -2.39. The minimum absolute atomic E-state index is 0.605. The molecule has 0 bridgehead atoms. The number of fused-ring (bicyclic) bond motifs is 2. The first-order valence-corrected chi connectivity index (χ1v) is 9.57. The van der Waals surface area contributed by atoms with Crippen molar-refractivity contribution in [2.75, 3.05) is 7.11 Å². The summed E-state index contributed by atoms with van der Waals surface area (Å²) in [6, 6.07) is 6.51. The highest BCUT2D eigenvalue weighted by molar-refractivity contribution is 7.99. The Kier molecular flexibility index (Phi) is 5.10. The number of hydrogen-bond acceptors (Lipinski definition) is 5. The molecule has 0 fully saturated rings. The predicted octanol–water partition coefficient (Wildman–Crippen LogP) is 3.48. The fourth-order valence-electron chi connectivity index (χ4n) is 3.21. The molecule has 2 atom stereocenters. The summed E-state index contributed by atoms with van der Waals surface area (Å²) < 4.78 is 43.5. The summed E-state index contributed by atoms with van der Waals surface area (Å²) in [6.07, 6.45) is 0.0659. The van der Waals surface area contributed by atoms with Crippen LogP contribution in [0.4, 0.5) is 13.2 Å². The maximum atomic E-state index is 12.8. The molecule has 0 radical (unpaired) electrons. The molecule has 0 saturated heterocycles. The molecule has 3 heterocycles. The molecule has 0 saturated carbocycles. The number of aromatic nitrogens is 1. The molecule has 30 heavy (non-hydrogen) atoms. The zero-order valence-corrected chi connectivity index (χ0v) is 16.3. The van der Waals surface area contributed by atoms with Crippen molar-refractivity contribution in [3.63, 3.8) is 0 Å². The number of ether oxygens (including phenoxy) is 1. The molecule has 2 amide bonds. The number of amides is 2. The second kappa shape index (κ2) is 7.60. The molecule has 2 aromatic rings. The van der Waals surface area contributed by atoms with Crippen molar-refractivity contribution in [3.8, 4) is 5.75 Å². The second-order valence-corrected chi connectivity index (χ2v) is 7.61. The summed E-state index contributed by atoms with van der Waals surface area (Å²) >= 11 is 1.46. The number of dihydropyridines is 1. The normalized spacial score (nSPS) is 20.1. The number of methoxy groups -OCH3 is 1. The van der Waals surface area contributed by atoms with E-state index in [0.717, 1.165) is 27.0 Å². The Labute approximate surface area is 173 Å². The van der Waals surface area contributed by atoms with Crippen LogP contribution in [0.25, 0.3) is 0 Å². The van der Waals surface area contributed by atoms with Crippen LogP contribution in [0.2, 0.25) is 0 Å². The fourth-order valence-corrected chi connectivity index (χ4v) is 4.34. The van der Waals surface area contributed by atoms with Gasteiger partial charge < -0.3 is 10.1 Å². The van der Waals surface area contributed by atoms with Gasteiger partial charge in [0, 0.05) is 22.2 Å². The molecule has 10 heteroatoms. The van der Waals surface area contributed by atoms with E-state index in [1.54, 1.807) is 37.7 Å². The monoisotopic (exact) mass is 433 g/mol. The Morgan fingerprint density at radius 3 is 2.67 bits per heavy atom. The average molecular weight is 433 g/mol. The van der Waals surface area contributed by atoms with Gasteiger partial charge in [0.05, 0.1) is 13.2 Å². The van der Waals surface area contributed by atoms with Crippen molar-refractivity contribution in [3.05, 3.63) is 59.9 Å². The maximum Gasteiger partial charge on any atom is 0.433 e. The van der Waals surface area contributed by atoms with Gasteiger partial charge in [-0.1, -0.05) is 23.9 Å². The van der Waals surface area contributed by atoms with Gasteiger partial charge in [-0.3, -0.25) is 14.6 Å². The standard InChI is InChI=1S/C20H14F3N3O3S/c1-29-10-2-3-11-14(8-10)30-15-9-24-7-6-12(15)17(11)26-19(28)13-4-5-16(20(21,22)23)25-18(13)27/h2-9,13,17H,1H3,(H,26,28). The van der Waals surface area contributed by atoms with Gasteiger partial charge in [0.2, 0.25) is 5.91 Å². The number of alkyl halides is 3. The summed E-state index contributed by atoms with van der Waals surface area (Å²) in [4.78, 5) is 33.7. The SMILES string of the molecule is COc1ccc2c(c1)Sc1cnccc1C2NC(=O)C1C=CC(C(F)(F)F)=NC1=O. The maximum absolute atomic E-state index is 12.8. The Hall–Kier alpha value is -3.14. The van der Waals surface area contributed by atoms with Crippen molar-refractivity contribution in [2.45, 2.75) is 22.0 Å². The first kappa shape index (κ1) is 20.1. The molecule has 6 nitrogen and oxygen atoms in total. The van der Waals surface area contributed by atoms with Crippen molar-refractivity contribution in [1.82, 2.24) is 10.3 Å². The third-order valence-electron chi connectivity index (χ3n) is 4.68. The fraction of sp³-hybridized carbons (Fsp3) is 0.200. The summed E-state index contributed by atoms with van der Waals surface area (Å²) in [7, 11) is 1.54. The Morgan fingerprint density at radius 2 is 1.97 bits per heavy atom. The summed E-state index contributed by atoms with van der Waals surface area (Å²) in [6.45, 7) is 0. The highest BCUT2D eigenvalue weighted by Crippen LogP contribution is 2.45. The third-order valence-corrected chi connectivity index (χ3v) is 5.82. The van der Waals surface area contributed by atoms with Crippen LogP contribution in [0.3, 0.4) is 0 Å². The zero-order valence-electron chi connectivity index (χ0n) is 15.4. The molecule has 1 aromatic carbocycles. The first-order chi connectivity index (χ1) is 14.3. The largest absolute Gasteiger partial charge is 0.497 e. The number of hydrogen-bond donors (Lipinski definition) is 1. The molecule has 2 unspecified atom stereocenters. The molecule has 1 aromatic heterocycles. The van der Waals surface area contributed by atoms with E-state index in [-0.39, 0.29) is 0 Å². The van der Waals surface area contributed by atoms with Gasteiger partial charge in [0.15, 0.2) is 0 Å². The average Bonchev–Trinajstić information content (AvgIpc) is 2.72.